The quantitative estimate of drug-likeness (QED) is 0.788. The first kappa shape index (κ1) is 13.7. The van der Waals surface area contributed by atoms with Gasteiger partial charge in [0, 0.05) is 25.2 Å². The van der Waals surface area contributed by atoms with Crippen molar-refractivity contribution in [3.63, 3.8) is 0 Å². The van der Waals surface area contributed by atoms with E-state index in [4.69, 9.17) is 4.74 Å². The van der Waals surface area contributed by atoms with Crippen LogP contribution in [0.3, 0.4) is 0 Å². The Balaban J connectivity index is 2.25. The third kappa shape index (κ3) is 3.19. The van der Waals surface area contributed by atoms with Gasteiger partial charge in [0.2, 0.25) is 0 Å². The second kappa shape index (κ2) is 5.51. The lowest BCUT2D eigenvalue weighted by Gasteiger charge is -2.36. The molecule has 4 heteroatoms. The molecule has 102 valence electrons. The van der Waals surface area contributed by atoms with Gasteiger partial charge in [-0.1, -0.05) is 12.1 Å². The highest BCUT2D eigenvalue weighted by molar-refractivity contribution is 5.79. The Morgan fingerprint density at radius 1 is 1.26 bits per heavy atom. The van der Waals surface area contributed by atoms with Crippen LogP contribution in [0.15, 0.2) is 24.3 Å². The number of ether oxygens (including phenoxy) is 1. The van der Waals surface area contributed by atoms with Gasteiger partial charge in [0.1, 0.15) is 18.2 Å². The highest BCUT2D eigenvalue weighted by atomic mass is 19.1. The minimum Gasteiger partial charge on any atom is -0.465 e. The molecule has 0 aliphatic heterocycles. The zero-order valence-electron chi connectivity index (χ0n) is 10.9. The molecule has 1 aliphatic rings. The summed E-state index contributed by atoms with van der Waals surface area (Å²) in [7, 11) is 0. The van der Waals surface area contributed by atoms with Crippen molar-refractivity contribution in [3.05, 3.63) is 35.6 Å². The van der Waals surface area contributed by atoms with Crippen LogP contribution in [0, 0.1) is 5.82 Å². The monoisotopic (exact) mass is 264 g/mol. The van der Waals surface area contributed by atoms with Gasteiger partial charge in [-0.15, -0.1) is 0 Å². The third-order valence-corrected chi connectivity index (χ3v) is 3.77. The number of hydrogen-bond acceptors (Lipinski definition) is 3. The molecule has 1 fully saturated rings. The highest BCUT2D eigenvalue weighted by Crippen LogP contribution is 2.38. The number of carbonyl (C=O) groups excluding carboxylic acids is 2. The molecule has 0 radical (unpaired) electrons. The summed E-state index contributed by atoms with van der Waals surface area (Å²) in [6, 6.07) is 6.24. The van der Waals surface area contributed by atoms with Crippen LogP contribution in [-0.2, 0) is 19.7 Å². The summed E-state index contributed by atoms with van der Waals surface area (Å²) in [6.45, 7) is 1.62. The number of esters is 1. The predicted octanol–water partition coefficient (Wildman–Crippen LogP) is 2.77. The van der Waals surface area contributed by atoms with E-state index >= 15 is 0 Å². The maximum Gasteiger partial charge on any atom is 0.302 e. The standard InChI is InChI=1S/C15H17FO3/c1-11(17)19-10-15(8-6-14(18)7-9-15)12-2-4-13(16)5-3-12/h2-5H,6-10H2,1H3. The van der Waals surface area contributed by atoms with E-state index in [-0.39, 0.29) is 29.6 Å². The van der Waals surface area contributed by atoms with Gasteiger partial charge in [-0.25, -0.2) is 4.39 Å². The van der Waals surface area contributed by atoms with Crippen LogP contribution < -0.4 is 0 Å². The number of ketones is 1. The maximum atomic E-state index is 13.0. The van der Waals surface area contributed by atoms with Crippen LogP contribution in [0.25, 0.3) is 0 Å². The molecule has 0 spiro atoms. The fraction of sp³-hybridized carbons (Fsp3) is 0.467. The molecule has 0 aromatic heterocycles. The van der Waals surface area contributed by atoms with Crippen molar-refractivity contribution >= 4 is 11.8 Å². The largest absolute Gasteiger partial charge is 0.465 e. The van der Waals surface area contributed by atoms with E-state index in [1.54, 1.807) is 12.1 Å². The molecule has 0 amide bonds. The smallest absolute Gasteiger partial charge is 0.302 e. The molecule has 0 bridgehead atoms. The Kier molecular flexibility index (Phi) is 3.98. The lowest BCUT2D eigenvalue weighted by molar-refractivity contribution is -0.143. The Morgan fingerprint density at radius 3 is 2.37 bits per heavy atom. The van der Waals surface area contributed by atoms with Crippen molar-refractivity contribution in [2.45, 2.75) is 38.0 Å². The summed E-state index contributed by atoms with van der Waals surface area (Å²) >= 11 is 0. The molecule has 1 saturated carbocycles. The van der Waals surface area contributed by atoms with Crippen molar-refractivity contribution in [1.82, 2.24) is 0 Å². The average Bonchev–Trinajstić information content (AvgIpc) is 2.39. The first-order valence-electron chi connectivity index (χ1n) is 6.43. The maximum absolute atomic E-state index is 13.0. The summed E-state index contributed by atoms with van der Waals surface area (Å²) in [5.41, 5.74) is 0.579. The fourth-order valence-electron chi connectivity index (χ4n) is 2.57. The van der Waals surface area contributed by atoms with Crippen LogP contribution in [-0.4, -0.2) is 18.4 Å². The van der Waals surface area contributed by atoms with Crippen LogP contribution in [0.4, 0.5) is 4.39 Å². The van der Waals surface area contributed by atoms with Crippen molar-refractivity contribution < 1.29 is 18.7 Å². The second-order valence-corrected chi connectivity index (χ2v) is 5.11. The Labute approximate surface area is 111 Å². The number of hydrogen-bond donors (Lipinski definition) is 0. The molecule has 3 nitrogen and oxygen atoms in total. The van der Waals surface area contributed by atoms with E-state index in [0.29, 0.717) is 25.7 Å². The minimum atomic E-state index is -0.354. The topological polar surface area (TPSA) is 43.4 Å². The van der Waals surface area contributed by atoms with E-state index in [9.17, 15) is 14.0 Å². The molecule has 1 aromatic carbocycles. The number of Topliss-reactive ketones (excluding diaryl/α,β-unsaturated/α-hetero) is 1. The predicted molar refractivity (Wildman–Crippen MR) is 68.2 cm³/mol. The molecule has 0 heterocycles. The molecule has 0 unspecified atom stereocenters. The van der Waals surface area contributed by atoms with E-state index in [0.717, 1.165) is 5.56 Å². The minimum absolute atomic E-state index is 0.237. The van der Waals surface area contributed by atoms with E-state index < -0.39 is 0 Å². The summed E-state index contributed by atoms with van der Waals surface area (Å²) in [4.78, 5) is 22.4. The summed E-state index contributed by atoms with van der Waals surface area (Å²) < 4.78 is 18.2. The molecular weight excluding hydrogens is 247 g/mol. The van der Waals surface area contributed by atoms with Gasteiger partial charge in [0.25, 0.3) is 0 Å². The van der Waals surface area contributed by atoms with Crippen LogP contribution in [0.2, 0.25) is 0 Å². The zero-order chi connectivity index (χ0) is 13.9. The van der Waals surface area contributed by atoms with Gasteiger partial charge in [-0.05, 0) is 30.5 Å². The van der Waals surface area contributed by atoms with Crippen molar-refractivity contribution in [2.24, 2.45) is 0 Å². The van der Waals surface area contributed by atoms with Gasteiger partial charge in [-0.3, -0.25) is 9.59 Å². The first-order chi connectivity index (χ1) is 9.02. The van der Waals surface area contributed by atoms with Gasteiger partial charge in [0.05, 0.1) is 0 Å². The molecule has 0 saturated heterocycles. The van der Waals surface area contributed by atoms with Gasteiger partial charge >= 0.3 is 5.97 Å². The Hall–Kier alpha value is -1.71. The lowest BCUT2D eigenvalue weighted by atomic mass is 9.69. The molecule has 1 aliphatic carbocycles. The van der Waals surface area contributed by atoms with Gasteiger partial charge in [-0.2, -0.15) is 0 Å². The Bertz CT molecular complexity index is 469. The van der Waals surface area contributed by atoms with E-state index in [1.165, 1.54) is 19.1 Å². The second-order valence-electron chi connectivity index (χ2n) is 5.11. The zero-order valence-corrected chi connectivity index (χ0v) is 10.9. The van der Waals surface area contributed by atoms with Crippen LogP contribution in [0.1, 0.15) is 38.2 Å². The molecule has 0 atom stereocenters. The lowest BCUT2D eigenvalue weighted by Crippen LogP contribution is -2.37. The van der Waals surface area contributed by atoms with Crippen molar-refractivity contribution in [1.29, 1.82) is 0 Å². The number of rotatable bonds is 3. The van der Waals surface area contributed by atoms with Crippen LogP contribution in [0.5, 0.6) is 0 Å². The normalized spacial score (nSPS) is 18.1. The van der Waals surface area contributed by atoms with Crippen LogP contribution >= 0.6 is 0 Å². The number of carbonyl (C=O) groups is 2. The summed E-state index contributed by atoms with van der Waals surface area (Å²) in [5, 5.41) is 0. The Morgan fingerprint density at radius 2 is 1.84 bits per heavy atom. The highest BCUT2D eigenvalue weighted by Gasteiger charge is 2.37. The van der Waals surface area contributed by atoms with E-state index in [1.807, 2.05) is 0 Å². The molecule has 19 heavy (non-hydrogen) atoms. The fourth-order valence-corrected chi connectivity index (χ4v) is 2.57. The first-order valence-corrected chi connectivity index (χ1v) is 6.43. The van der Waals surface area contributed by atoms with Crippen molar-refractivity contribution in [3.8, 4) is 0 Å². The van der Waals surface area contributed by atoms with Gasteiger partial charge < -0.3 is 4.74 Å². The third-order valence-electron chi connectivity index (χ3n) is 3.77. The number of benzene rings is 1. The summed E-state index contributed by atoms with van der Waals surface area (Å²) in [6.07, 6.45) is 2.26. The van der Waals surface area contributed by atoms with E-state index in [2.05, 4.69) is 0 Å². The molecule has 1 aromatic rings. The van der Waals surface area contributed by atoms with Crippen molar-refractivity contribution in [2.75, 3.05) is 6.61 Å². The molecule has 0 N–H and O–H groups in total. The molecular formula is C15H17FO3. The van der Waals surface area contributed by atoms with Gasteiger partial charge in [0.15, 0.2) is 0 Å². The summed E-state index contributed by atoms with van der Waals surface area (Å²) in [5.74, 6) is -0.391. The SMILES string of the molecule is CC(=O)OCC1(c2ccc(F)cc2)CCC(=O)CC1. The average molecular weight is 264 g/mol. The molecule has 2 rings (SSSR count). The number of halogens is 1.